The SMILES string of the molecule is CCOc1ccc(-c2nn(-c3ccccc3)cc2/C=c2\sc3n(c2=O)C(c2ccc(OC(C)=O)cc2)C(C(=O)OC)=C(C)N=3)cc1. The molecular formula is C35H30N4O6S. The van der Waals surface area contributed by atoms with E-state index in [1.165, 1.54) is 29.9 Å². The van der Waals surface area contributed by atoms with E-state index in [4.69, 9.17) is 19.3 Å². The van der Waals surface area contributed by atoms with E-state index in [9.17, 15) is 14.4 Å². The largest absolute Gasteiger partial charge is 0.494 e. The number of carbonyl (C=O) groups excluding carboxylic acids is 2. The van der Waals surface area contributed by atoms with Crippen LogP contribution >= 0.6 is 11.3 Å². The number of rotatable bonds is 8. The van der Waals surface area contributed by atoms with E-state index in [1.807, 2.05) is 67.7 Å². The van der Waals surface area contributed by atoms with Gasteiger partial charge in [-0.25, -0.2) is 14.5 Å². The molecule has 46 heavy (non-hydrogen) atoms. The molecule has 11 heteroatoms. The van der Waals surface area contributed by atoms with Crippen molar-refractivity contribution in [3.05, 3.63) is 127 Å². The number of nitrogens with zero attached hydrogens (tertiary/aromatic N) is 4. The molecule has 6 rings (SSSR count). The Hall–Kier alpha value is -5.55. The minimum Gasteiger partial charge on any atom is -0.494 e. The van der Waals surface area contributed by atoms with Gasteiger partial charge in [0.1, 0.15) is 17.2 Å². The second-order valence-electron chi connectivity index (χ2n) is 10.4. The van der Waals surface area contributed by atoms with Crippen molar-refractivity contribution in [1.82, 2.24) is 14.3 Å². The number of ether oxygens (including phenoxy) is 3. The first-order valence-corrected chi connectivity index (χ1v) is 15.4. The molecule has 1 aliphatic rings. The molecule has 0 N–H and O–H groups in total. The molecule has 1 unspecified atom stereocenters. The van der Waals surface area contributed by atoms with Crippen molar-refractivity contribution in [2.75, 3.05) is 13.7 Å². The highest BCUT2D eigenvalue weighted by molar-refractivity contribution is 7.07. The maximum Gasteiger partial charge on any atom is 0.338 e. The molecule has 2 aromatic heterocycles. The number of aromatic nitrogens is 3. The molecule has 0 bridgehead atoms. The molecule has 10 nitrogen and oxygen atoms in total. The molecule has 0 saturated carbocycles. The summed E-state index contributed by atoms with van der Waals surface area (Å²) in [6.07, 6.45) is 3.69. The Bertz CT molecular complexity index is 2140. The molecule has 1 aliphatic heterocycles. The van der Waals surface area contributed by atoms with Gasteiger partial charge in [-0.2, -0.15) is 5.10 Å². The number of carbonyl (C=O) groups is 2. The maximum atomic E-state index is 14.2. The average Bonchev–Trinajstić information content (AvgIpc) is 3.61. The van der Waals surface area contributed by atoms with Gasteiger partial charge in [0.15, 0.2) is 4.80 Å². The fraction of sp³-hybridized carbons (Fsp3) is 0.171. The van der Waals surface area contributed by atoms with E-state index < -0.39 is 18.0 Å². The zero-order valence-electron chi connectivity index (χ0n) is 25.6. The molecule has 3 aromatic carbocycles. The number of hydrogen-bond acceptors (Lipinski definition) is 9. The van der Waals surface area contributed by atoms with Gasteiger partial charge in [0, 0.05) is 24.2 Å². The van der Waals surface area contributed by atoms with Crippen LogP contribution in [0.2, 0.25) is 0 Å². The second kappa shape index (κ2) is 12.8. The summed E-state index contributed by atoms with van der Waals surface area (Å²) in [5.74, 6) is 0.0564. The maximum absolute atomic E-state index is 14.2. The topological polar surface area (TPSA) is 114 Å². The van der Waals surface area contributed by atoms with Crippen LogP contribution in [0, 0.1) is 0 Å². The van der Waals surface area contributed by atoms with Crippen LogP contribution in [0.1, 0.15) is 37.9 Å². The van der Waals surface area contributed by atoms with E-state index in [-0.39, 0.29) is 11.1 Å². The van der Waals surface area contributed by atoms with Crippen molar-refractivity contribution in [3.63, 3.8) is 0 Å². The van der Waals surface area contributed by atoms with Gasteiger partial charge in [0.05, 0.1) is 41.2 Å². The van der Waals surface area contributed by atoms with E-state index in [0.29, 0.717) is 38.6 Å². The predicted octanol–water partition coefficient (Wildman–Crippen LogP) is 4.58. The Labute approximate surface area is 268 Å². The molecule has 1 atom stereocenters. The third kappa shape index (κ3) is 5.92. The summed E-state index contributed by atoms with van der Waals surface area (Å²) in [4.78, 5) is 43.8. The summed E-state index contributed by atoms with van der Waals surface area (Å²) in [5, 5.41) is 4.90. The fourth-order valence-corrected chi connectivity index (χ4v) is 6.38. The number of methoxy groups -OCH3 is 1. The third-order valence-electron chi connectivity index (χ3n) is 7.37. The summed E-state index contributed by atoms with van der Waals surface area (Å²) in [6, 6.07) is 23.2. The monoisotopic (exact) mass is 634 g/mol. The van der Waals surface area contributed by atoms with Crippen LogP contribution in [0.4, 0.5) is 0 Å². The molecular weight excluding hydrogens is 604 g/mol. The summed E-state index contributed by atoms with van der Waals surface area (Å²) >= 11 is 1.23. The van der Waals surface area contributed by atoms with Gasteiger partial charge in [-0.3, -0.25) is 14.2 Å². The standard InChI is InChI=1S/C35H30N4O6S/c1-5-44-27-15-11-23(12-16-27)31-25(20-38(37-31)26-9-7-6-8-10-26)19-29-33(41)39-32(24-13-17-28(18-14-24)45-22(3)40)30(34(42)43-4)21(2)36-35(39)46-29/h6-20,32H,5H2,1-4H3/b29-19-. The van der Waals surface area contributed by atoms with Gasteiger partial charge >= 0.3 is 11.9 Å². The Morgan fingerprint density at radius 3 is 2.33 bits per heavy atom. The molecule has 5 aromatic rings. The van der Waals surface area contributed by atoms with Crippen LogP contribution in [-0.4, -0.2) is 40.0 Å². The number of esters is 2. The quantitative estimate of drug-likeness (QED) is 0.181. The van der Waals surface area contributed by atoms with Crippen LogP contribution in [0.5, 0.6) is 11.5 Å². The van der Waals surface area contributed by atoms with Crippen molar-refractivity contribution in [2.45, 2.75) is 26.8 Å². The lowest BCUT2D eigenvalue weighted by Crippen LogP contribution is -2.39. The Morgan fingerprint density at radius 2 is 1.67 bits per heavy atom. The van der Waals surface area contributed by atoms with Crippen LogP contribution in [0.25, 0.3) is 23.0 Å². The van der Waals surface area contributed by atoms with Crippen LogP contribution in [0.3, 0.4) is 0 Å². The molecule has 0 saturated heterocycles. The van der Waals surface area contributed by atoms with Crippen molar-refractivity contribution in [3.8, 4) is 28.4 Å². The number of thiazole rings is 1. The highest BCUT2D eigenvalue weighted by Crippen LogP contribution is 2.32. The van der Waals surface area contributed by atoms with Crippen LogP contribution < -0.4 is 24.4 Å². The third-order valence-corrected chi connectivity index (χ3v) is 8.36. The van der Waals surface area contributed by atoms with Crippen molar-refractivity contribution in [1.29, 1.82) is 0 Å². The Kier molecular flexibility index (Phi) is 8.49. The zero-order valence-corrected chi connectivity index (χ0v) is 26.4. The minimum absolute atomic E-state index is 0.244. The van der Waals surface area contributed by atoms with Gasteiger partial charge in [-0.05, 0) is 74.0 Å². The highest BCUT2D eigenvalue weighted by atomic mass is 32.1. The smallest absolute Gasteiger partial charge is 0.338 e. The molecule has 0 radical (unpaired) electrons. The van der Waals surface area contributed by atoms with E-state index in [0.717, 1.165) is 22.6 Å². The van der Waals surface area contributed by atoms with E-state index in [2.05, 4.69) is 4.99 Å². The molecule has 0 amide bonds. The first-order chi connectivity index (χ1) is 22.3. The summed E-state index contributed by atoms with van der Waals surface area (Å²) in [7, 11) is 1.29. The van der Waals surface area contributed by atoms with Crippen molar-refractivity contribution < 1.29 is 23.8 Å². The molecule has 0 aliphatic carbocycles. The van der Waals surface area contributed by atoms with E-state index in [1.54, 1.807) is 41.9 Å². The number of hydrogen-bond donors (Lipinski definition) is 0. The number of allylic oxidation sites excluding steroid dienone is 1. The van der Waals surface area contributed by atoms with Gasteiger partial charge in [-0.15, -0.1) is 0 Å². The predicted molar refractivity (Wildman–Crippen MR) is 174 cm³/mol. The first-order valence-electron chi connectivity index (χ1n) is 14.5. The lowest BCUT2D eigenvalue weighted by Gasteiger charge is -2.24. The molecule has 0 spiro atoms. The number of benzene rings is 3. The summed E-state index contributed by atoms with van der Waals surface area (Å²) in [6.45, 7) is 5.53. The normalized spacial score (nSPS) is 14.4. The van der Waals surface area contributed by atoms with Gasteiger partial charge in [-0.1, -0.05) is 41.7 Å². The molecule has 0 fully saturated rings. The van der Waals surface area contributed by atoms with Crippen LogP contribution in [0.15, 0.2) is 106 Å². The fourth-order valence-electron chi connectivity index (χ4n) is 5.34. The summed E-state index contributed by atoms with van der Waals surface area (Å²) in [5.41, 5.74) is 4.13. The second-order valence-corrected chi connectivity index (χ2v) is 11.4. The Morgan fingerprint density at radius 1 is 0.978 bits per heavy atom. The van der Waals surface area contributed by atoms with Gasteiger partial charge in [0.2, 0.25) is 0 Å². The Balaban J connectivity index is 1.52. The lowest BCUT2D eigenvalue weighted by molar-refractivity contribution is -0.136. The average molecular weight is 635 g/mol. The van der Waals surface area contributed by atoms with Gasteiger partial charge < -0.3 is 14.2 Å². The first kappa shape index (κ1) is 30.5. The van der Waals surface area contributed by atoms with Crippen molar-refractivity contribution in [2.24, 2.45) is 4.99 Å². The molecule has 232 valence electrons. The zero-order chi connectivity index (χ0) is 32.4. The number of para-hydroxylation sites is 1. The highest BCUT2D eigenvalue weighted by Gasteiger charge is 2.33. The summed E-state index contributed by atoms with van der Waals surface area (Å²) < 4.78 is 19.6. The number of fused-ring (bicyclic) bond motifs is 1. The van der Waals surface area contributed by atoms with E-state index >= 15 is 0 Å². The molecule has 3 heterocycles. The lowest BCUT2D eigenvalue weighted by atomic mass is 9.96. The van der Waals surface area contributed by atoms with Crippen molar-refractivity contribution >= 4 is 29.4 Å². The van der Waals surface area contributed by atoms with Gasteiger partial charge in [0.25, 0.3) is 5.56 Å². The van der Waals surface area contributed by atoms with Crippen LogP contribution in [-0.2, 0) is 14.3 Å². The minimum atomic E-state index is -0.810.